The van der Waals surface area contributed by atoms with Gasteiger partial charge < -0.3 is 28.4 Å². The molecule has 40 heavy (non-hydrogen) atoms. The number of ketones is 1. The van der Waals surface area contributed by atoms with Gasteiger partial charge in [-0.1, -0.05) is 48.5 Å². The van der Waals surface area contributed by atoms with Gasteiger partial charge in [0.1, 0.15) is 0 Å². The molecule has 1 aromatic heterocycles. The van der Waals surface area contributed by atoms with Crippen molar-refractivity contribution in [2.45, 2.75) is 0 Å². The molecule has 3 aromatic carbocycles. The number of hydrogen-bond donors (Lipinski definition) is 0. The van der Waals surface area contributed by atoms with Crippen molar-refractivity contribution in [2.75, 3.05) is 46.6 Å². The molecule has 0 bridgehead atoms. The molecule has 0 N–H and O–H groups in total. The third kappa shape index (κ3) is 5.55. The third-order valence-electron chi connectivity index (χ3n) is 6.88. The summed E-state index contributed by atoms with van der Waals surface area (Å²) in [6.45, 7) is 1.46. The number of Topliss-reactive ketones (excluding diaryl/α,β-unsaturated/α-hetero) is 1. The van der Waals surface area contributed by atoms with E-state index in [9.17, 15) is 14.4 Å². The first-order chi connectivity index (χ1) is 19.5. The second kappa shape index (κ2) is 12.0. The summed E-state index contributed by atoms with van der Waals surface area (Å²) in [6.07, 6.45) is 0. The molecular formula is C31H30N2O7. The number of hydrogen-bond acceptors (Lipinski definition) is 7. The smallest absolute Gasteiger partial charge is 0.338 e. The fraction of sp³-hybridized carbons (Fsp3) is 0.258. The van der Waals surface area contributed by atoms with Crippen LogP contribution in [0.2, 0.25) is 0 Å². The Hall–Kier alpha value is -4.63. The van der Waals surface area contributed by atoms with Crippen LogP contribution in [0.15, 0.2) is 72.8 Å². The predicted molar refractivity (Wildman–Crippen MR) is 149 cm³/mol. The minimum Gasteiger partial charge on any atom is -0.493 e. The molecule has 1 amide bonds. The summed E-state index contributed by atoms with van der Waals surface area (Å²) in [5, 5.41) is 0.791. The zero-order chi connectivity index (χ0) is 28.1. The maximum Gasteiger partial charge on any atom is 0.338 e. The SMILES string of the molecule is COc1cc(C(=O)OCC(=O)c2c(-c3ccccc3)n(C)c3ccccc23)ccc1OCC(=O)N1CCOCC1. The number of benzene rings is 3. The highest BCUT2D eigenvalue weighted by Gasteiger charge is 2.24. The molecular weight excluding hydrogens is 512 g/mol. The van der Waals surface area contributed by atoms with E-state index in [1.165, 1.54) is 19.2 Å². The number of fused-ring (bicyclic) bond motifs is 1. The molecule has 1 saturated heterocycles. The van der Waals surface area contributed by atoms with Crippen molar-refractivity contribution in [3.8, 4) is 22.8 Å². The van der Waals surface area contributed by atoms with Gasteiger partial charge in [-0.3, -0.25) is 9.59 Å². The van der Waals surface area contributed by atoms with Crippen molar-refractivity contribution < 1.29 is 33.3 Å². The summed E-state index contributed by atoms with van der Waals surface area (Å²) in [5.41, 5.74) is 3.26. The molecule has 9 heteroatoms. The van der Waals surface area contributed by atoms with Gasteiger partial charge in [-0.05, 0) is 29.8 Å². The number of morpholine rings is 1. The molecule has 0 spiro atoms. The second-order valence-electron chi connectivity index (χ2n) is 9.31. The van der Waals surface area contributed by atoms with Crippen LogP contribution in [-0.2, 0) is 21.3 Å². The van der Waals surface area contributed by atoms with E-state index in [0.717, 1.165) is 22.2 Å². The van der Waals surface area contributed by atoms with Crippen molar-refractivity contribution in [1.82, 2.24) is 9.47 Å². The van der Waals surface area contributed by atoms with Crippen LogP contribution in [0.1, 0.15) is 20.7 Å². The number of amides is 1. The summed E-state index contributed by atoms with van der Waals surface area (Å²) in [5.74, 6) is -0.548. The van der Waals surface area contributed by atoms with Crippen LogP contribution < -0.4 is 9.47 Å². The summed E-state index contributed by atoms with van der Waals surface area (Å²) in [7, 11) is 3.36. The molecule has 0 saturated carbocycles. The molecule has 2 heterocycles. The van der Waals surface area contributed by atoms with Gasteiger partial charge in [-0.25, -0.2) is 4.79 Å². The Morgan fingerprint density at radius 2 is 1.60 bits per heavy atom. The van der Waals surface area contributed by atoms with Crippen molar-refractivity contribution >= 4 is 28.6 Å². The Morgan fingerprint density at radius 1 is 0.875 bits per heavy atom. The Balaban J connectivity index is 1.29. The van der Waals surface area contributed by atoms with Gasteiger partial charge in [0.15, 0.2) is 24.7 Å². The molecule has 206 valence electrons. The molecule has 9 nitrogen and oxygen atoms in total. The van der Waals surface area contributed by atoms with Crippen LogP contribution in [0.3, 0.4) is 0 Å². The third-order valence-corrected chi connectivity index (χ3v) is 6.88. The van der Waals surface area contributed by atoms with Crippen LogP contribution >= 0.6 is 0 Å². The van der Waals surface area contributed by atoms with Gasteiger partial charge in [-0.2, -0.15) is 0 Å². The van der Waals surface area contributed by atoms with Crippen LogP contribution in [-0.4, -0.2) is 73.8 Å². The van der Waals surface area contributed by atoms with Crippen molar-refractivity contribution in [2.24, 2.45) is 7.05 Å². The van der Waals surface area contributed by atoms with E-state index in [0.29, 0.717) is 37.6 Å². The summed E-state index contributed by atoms with van der Waals surface area (Å²) in [4.78, 5) is 40.5. The Kier molecular flexibility index (Phi) is 8.12. The number of ether oxygens (including phenoxy) is 4. The number of methoxy groups -OCH3 is 1. The zero-order valence-electron chi connectivity index (χ0n) is 22.4. The predicted octanol–water partition coefficient (Wildman–Crippen LogP) is 4.13. The van der Waals surface area contributed by atoms with E-state index in [1.807, 2.05) is 66.2 Å². The van der Waals surface area contributed by atoms with Gasteiger partial charge in [0.05, 0.1) is 37.1 Å². The van der Waals surface area contributed by atoms with E-state index in [4.69, 9.17) is 18.9 Å². The number of aryl methyl sites for hydroxylation is 1. The molecule has 0 atom stereocenters. The lowest BCUT2D eigenvalue weighted by atomic mass is 10.0. The lowest BCUT2D eigenvalue weighted by molar-refractivity contribution is -0.137. The van der Waals surface area contributed by atoms with Gasteiger partial charge in [0.2, 0.25) is 5.78 Å². The van der Waals surface area contributed by atoms with E-state index >= 15 is 0 Å². The first kappa shape index (κ1) is 27.0. The Labute approximate surface area is 231 Å². The lowest BCUT2D eigenvalue weighted by Gasteiger charge is -2.26. The number of aromatic nitrogens is 1. The number of esters is 1. The van der Waals surface area contributed by atoms with Crippen LogP contribution in [0.5, 0.6) is 11.5 Å². The highest BCUT2D eigenvalue weighted by atomic mass is 16.5. The standard InChI is InChI=1S/C31H30N2O7/c1-32-24-11-7-6-10-23(24)29(30(32)21-8-4-3-5-9-21)25(34)19-40-31(36)22-12-13-26(27(18-22)37-2)39-20-28(35)33-14-16-38-17-15-33/h3-13,18H,14-17,19-20H2,1-2H3. The van der Waals surface area contributed by atoms with Crippen molar-refractivity contribution in [3.63, 3.8) is 0 Å². The van der Waals surface area contributed by atoms with Crippen LogP contribution in [0.4, 0.5) is 0 Å². The zero-order valence-corrected chi connectivity index (χ0v) is 22.4. The highest BCUT2D eigenvalue weighted by Crippen LogP contribution is 2.33. The monoisotopic (exact) mass is 542 g/mol. The molecule has 0 aliphatic carbocycles. The largest absolute Gasteiger partial charge is 0.493 e. The molecule has 5 rings (SSSR count). The first-order valence-corrected chi connectivity index (χ1v) is 13.0. The topological polar surface area (TPSA) is 96.3 Å². The highest BCUT2D eigenvalue weighted by molar-refractivity contribution is 6.14. The van der Waals surface area contributed by atoms with Gasteiger partial charge in [0.25, 0.3) is 5.91 Å². The van der Waals surface area contributed by atoms with Gasteiger partial charge >= 0.3 is 5.97 Å². The summed E-state index contributed by atoms with van der Waals surface area (Å²) >= 11 is 0. The average molecular weight is 543 g/mol. The van der Waals surface area contributed by atoms with Gasteiger partial charge in [0, 0.05) is 31.0 Å². The number of carbonyl (C=O) groups is 3. The normalized spacial score (nSPS) is 13.2. The lowest BCUT2D eigenvalue weighted by Crippen LogP contribution is -2.43. The molecule has 1 aliphatic rings. The molecule has 1 fully saturated rings. The molecule has 0 unspecified atom stereocenters. The van der Waals surface area contributed by atoms with Gasteiger partial charge in [-0.15, -0.1) is 0 Å². The fourth-order valence-electron chi connectivity index (χ4n) is 4.85. The molecule has 0 radical (unpaired) electrons. The number of para-hydroxylation sites is 1. The average Bonchev–Trinajstić information content (AvgIpc) is 3.31. The maximum atomic E-state index is 13.5. The summed E-state index contributed by atoms with van der Waals surface area (Å²) in [6, 6.07) is 21.8. The maximum absolute atomic E-state index is 13.5. The van der Waals surface area contributed by atoms with E-state index in [1.54, 1.807) is 11.0 Å². The van der Waals surface area contributed by atoms with E-state index in [-0.39, 0.29) is 29.6 Å². The molecule has 1 aliphatic heterocycles. The van der Waals surface area contributed by atoms with Crippen LogP contribution in [0, 0.1) is 0 Å². The quantitative estimate of drug-likeness (QED) is 0.232. The Morgan fingerprint density at radius 3 is 2.35 bits per heavy atom. The van der Waals surface area contributed by atoms with Crippen molar-refractivity contribution in [1.29, 1.82) is 0 Å². The number of rotatable bonds is 9. The van der Waals surface area contributed by atoms with Crippen molar-refractivity contribution in [3.05, 3.63) is 83.9 Å². The second-order valence-corrected chi connectivity index (χ2v) is 9.31. The first-order valence-electron chi connectivity index (χ1n) is 13.0. The number of carbonyl (C=O) groups excluding carboxylic acids is 3. The summed E-state index contributed by atoms with van der Waals surface area (Å²) < 4.78 is 23.7. The molecule has 4 aromatic rings. The Bertz CT molecular complexity index is 1540. The van der Waals surface area contributed by atoms with E-state index < -0.39 is 12.6 Å². The van der Waals surface area contributed by atoms with Crippen LogP contribution in [0.25, 0.3) is 22.2 Å². The minimum atomic E-state index is -0.677. The fourth-order valence-corrected chi connectivity index (χ4v) is 4.85. The minimum absolute atomic E-state index is 0.157. The van der Waals surface area contributed by atoms with E-state index in [2.05, 4.69) is 0 Å². The number of nitrogens with zero attached hydrogens (tertiary/aromatic N) is 2.